The van der Waals surface area contributed by atoms with Crippen molar-refractivity contribution in [3.63, 3.8) is 0 Å². The molecule has 1 amide bonds. The highest BCUT2D eigenvalue weighted by Crippen LogP contribution is 2.32. The Bertz CT molecular complexity index is 852. The van der Waals surface area contributed by atoms with E-state index in [-0.39, 0.29) is 5.91 Å². The van der Waals surface area contributed by atoms with Crippen molar-refractivity contribution in [1.29, 1.82) is 0 Å². The van der Waals surface area contributed by atoms with E-state index in [1.807, 2.05) is 48.9 Å². The van der Waals surface area contributed by atoms with E-state index >= 15 is 0 Å². The third kappa shape index (κ3) is 2.40. The van der Waals surface area contributed by atoms with Gasteiger partial charge in [0.15, 0.2) is 0 Å². The van der Waals surface area contributed by atoms with Crippen molar-refractivity contribution in [3.8, 4) is 5.69 Å². The number of fused-ring (bicyclic) bond motifs is 1. The molecule has 2 heterocycles. The quantitative estimate of drug-likeness (QED) is 0.722. The number of halogens is 1. The Morgan fingerprint density at radius 3 is 2.82 bits per heavy atom. The number of benzene rings is 1. The predicted molar refractivity (Wildman–Crippen MR) is 91.3 cm³/mol. The molecule has 6 heteroatoms. The average Bonchev–Trinajstić information content (AvgIpc) is 3.07. The van der Waals surface area contributed by atoms with Crippen LogP contribution in [0.15, 0.2) is 30.3 Å². The number of amides is 1. The highest BCUT2D eigenvalue weighted by molar-refractivity contribution is 7.20. The van der Waals surface area contributed by atoms with E-state index in [4.69, 9.17) is 11.6 Å². The molecule has 0 N–H and O–H groups in total. The van der Waals surface area contributed by atoms with Gasteiger partial charge in [-0.1, -0.05) is 23.7 Å². The molecule has 0 radical (unpaired) electrons. The van der Waals surface area contributed by atoms with Crippen LogP contribution in [0.25, 0.3) is 15.9 Å². The molecule has 3 aromatic rings. The van der Waals surface area contributed by atoms with Gasteiger partial charge >= 0.3 is 0 Å². The summed E-state index contributed by atoms with van der Waals surface area (Å²) in [5.74, 6) is 0.0359. The summed E-state index contributed by atoms with van der Waals surface area (Å²) in [6, 6.07) is 9.50. The second-order valence-corrected chi connectivity index (χ2v) is 6.54. The lowest BCUT2D eigenvalue weighted by Crippen LogP contribution is -2.25. The molecule has 0 fully saturated rings. The lowest BCUT2D eigenvalue weighted by Gasteiger charge is -2.12. The summed E-state index contributed by atoms with van der Waals surface area (Å²) < 4.78 is 1.82. The van der Waals surface area contributed by atoms with Gasteiger partial charge in [-0.2, -0.15) is 5.10 Å². The SMILES string of the molecule is CCN(C)C(=O)c1cc2c(C)nn(-c3ccccc3Cl)c2s1. The highest BCUT2D eigenvalue weighted by Gasteiger charge is 2.19. The molecule has 4 nitrogen and oxygen atoms in total. The fourth-order valence-corrected chi connectivity index (χ4v) is 3.66. The number of nitrogens with zero attached hydrogens (tertiary/aromatic N) is 3. The molecule has 0 unspecified atom stereocenters. The first-order valence-electron chi connectivity index (χ1n) is 7.02. The van der Waals surface area contributed by atoms with Crippen molar-refractivity contribution in [2.24, 2.45) is 0 Å². The maximum atomic E-state index is 12.3. The Labute approximate surface area is 137 Å². The minimum Gasteiger partial charge on any atom is -0.341 e. The van der Waals surface area contributed by atoms with Crippen molar-refractivity contribution in [1.82, 2.24) is 14.7 Å². The van der Waals surface area contributed by atoms with Gasteiger partial charge in [0.1, 0.15) is 4.83 Å². The van der Waals surface area contributed by atoms with Gasteiger partial charge in [0, 0.05) is 19.0 Å². The zero-order chi connectivity index (χ0) is 15.9. The molecule has 0 aliphatic rings. The summed E-state index contributed by atoms with van der Waals surface area (Å²) in [6.07, 6.45) is 0. The van der Waals surface area contributed by atoms with E-state index in [9.17, 15) is 4.79 Å². The van der Waals surface area contributed by atoms with Gasteiger partial charge in [0.2, 0.25) is 0 Å². The predicted octanol–water partition coefficient (Wildman–Crippen LogP) is 4.14. The molecule has 0 saturated carbocycles. The first-order valence-corrected chi connectivity index (χ1v) is 8.22. The number of rotatable bonds is 3. The smallest absolute Gasteiger partial charge is 0.263 e. The summed E-state index contributed by atoms with van der Waals surface area (Å²) in [4.78, 5) is 15.7. The molecule has 0 spiro atoms. The Balaban J connectivity index is 2.16. The van der Waals surface area contributed by atoms with Crippen LogP contribution in [0.5, 0.6) is 0 Å². The zero-order valence-corrected chi connectivity index (χ0v) is 14.2. The van der Waals surface area contributed by atoms with Crippen molar-refractivity contribution >= 4 is 39.1 Å². The van der Waals surface area contributed by atoms with E-state index in [1.54, 1.807) is 11.9 Å². The molecule has 0 atom stereocenters. The van der Waals surface area contributed by atoms with Crippen LogP contribution in [0.4, 0.5) is 0 Å². The second kappa shape index (κ2) is 5.74. The van der Waals surface area contributed by atoms with Crippen LogP contribution in [0.2, 0.25) is 5.02 Å². The number of aromatic nitrogens is 2. The first kappa shape index (κ1) is 15.1. The molecule has 114 valence electrons. The molecule has 3 rings (SSSR count). The maximum Gasteiger partial charge on any atom is 0.263 e. The summed E-state index contributed by atoms with van der Waals surface area (Å²) in [5.41, 5.74) is 1.72. The van der Waals surface area contributed by atoms with E-state index in [0.29, 0.717) is 11.6 Å². The lowest BCUT2D eigenvalue weighted by atomic mass is 10.3. The van der Waals surface area contributed by atoms with Crippen LogP contribution in [0.3, 0.4) is 0 Å². The van der Waals surface area contributed by atoms with E-state index in [0.717, 1.165) is 26.5 Å². The van der Waals surface area contributed by atoms with E-state index < -0.39 is 0 Å². The fraction of sp³-hybridized carbons (Fsp3) is 0.250. The zero-order valence-electron chi connectivity index (χ0n) is 12.6. The van der Waals surface area contributed by atoms with Gasteiger partial charge in [-0.05, 0) is 32.0 Å². The van der Waals surface area contributed by atoms with Crippen LogP contribution in [-0.4, -0.2) is 34.2 Å². The van der Waals surface area contributed by atoms with E-state index in [1.165, 1.54) is 11.3 Å². The Kier molecular flexibility index (Phi) is 3.93. The summed E-state index contributed by atoms with van der Waals surface area (Å²) in [5, 5.41) is 6.20. The fourth-order valence-electron chi connectivity index (χ4n) is 2.27. The number of carbonyl (C=O) groups excluding carboxylic acids is 1. The largest absolute Gasteiger partial charge is 0.341 e. The van der Waals surface area contributed by atoms with Crippen LogP contribution in [0, 0.1) is 6.92 Å². The van der Waals surface area contributed by atoms with Gasteiger partial charge < -0.3 is 4.90 Å². The summed E-state index contributed by atoms with van der Waals surface area (Å²) >= 11 is 7.73. The highest BCUT2D eigenvalue weighted by atomic mass is 35.5. The normalized spacial score (nSPS) is 11.1. The van der Waals surface area contributed by atoms with Gasteiger partial charge in [-0.25, -0.2) is 4.68 Å². The molecular weight excluding hydrogens is 318 g/mol. The summed E-state index contributed by atoms with van der Waals surface area (Å²) in [6.45, 7) is 4.59. The van der Waals surface area contributed by atoms with Gasteiger partial charge in [-0.15, -0.1) is 11.3 Å². The van der Waals surface area contributed by atoms with Crippen molar-refractivity contribution < 1.29 is 4.79 Å². The number of hydrogen-bond donors (Lipinski definition) is 0. The third-order valence-corrected chi connectivity index (χ3v) is 5.08. The molecule has 2 aromatic heterocycles. The Morgan fingerprint density at radius 2 is 2.14 bits per heavy atom. The molecule has 0 aliphatic heterocycles. The van der Waals surface area contributed by atoms with Gasteiger partial charge in [0.05, 0.1) is 21.3 Å². The standard InChI is InChI=1S/C16H16ClN3OS/c1-4-19(3)15(21)14-9-11-10(2)18-20(16(11)22-14)13-8-6-5-7-12(13)17/h5-9H,4H2,1-3H3. The monoisotopic (exact) mass is 333 g/mol. The number of para-hydroxylation sites is 1. The Hall–Kier alpha value is -1.85. The maximum absolute atomic E-state index is 12.3. The van der Waals surface area contributed by atoms with Crippen LogP contribution < -0.4 is 0 Å². The Morgan fingerprint density at radius 1 is 1.41 bits per heavy atom. The minimum atomic E-state index is 0.0359. The topological polar surface area (TPSA) is 38.1 Å². The summed E-state index contributed by atoms with van der Waals surface area (Å²) in [7, 11) is 1.81. The van der Waals surface area contributed by atoms with Crippen molar-refractivity contribution in [2.45, 2.75) is 13.8 Å². The van der Waals surface area contributed by atoms with Crippen LogP contribution >= 0.6 is 22.9 Å². The lowest BCUT2D eigenvalue weighted by molar-refractivity contribution is 0.0807. The number of aryl methyl sites for hydroxylation is 1. The van der Waals surface area contributed by atoms with Crippen LogP contribution in [-0.2, 0) is 0 Å². The van der Waals surface area contributed by atoms with Crippen molar-refractivity contribution in [2.75, 3.05) is 13.6 Å². The molecular formula is C16H16ClN3OS. The molecule has 22 heavy (non-hydrogen) atoms. The number of hydrogen-bond acceptors (Lipinski definition) is 3. The molecule has 1 aromatic carbocycles. The first-order chi connectivity index (χ1) is 10.5. The van der Waals surface area contributed by atoms with Crippen LogP contribution in [0.1, 0.15) is 22.3 Å². The van der Waals surface area contributed by atoms with Gasteiger partial charge in [0.25, 0.3) is 5.91 Å². The van der Waals surface area contributed by atoms with E-state index in [2.05, 4.69) is 5.10 Å². The molecule has 0 saturated heterocycles. The number of thiophene rings is 1. The third-order valence-electron chi connectivity index (χ3n) is 3.66. The van der Waals surface area contributed by atoms with Gasteiger partial charge in [-0.3, -0.25) is 4.79 Å². The minimum absolute atomic E-state index is 0.0359. The second-order valence-electron chi connectivity index (χ2n) is 5.10. The molecule has 0 bridgehead atoms. The van der Waals surface area contributed by atoms with Crippen molar-refractivity contribution in [3.05, 3.63) is 45.9 Å². The molecule has 0 aliphatic carbocycles. The average molecular weight is 334 g/mol. The number of carbonyl (C=O) groups is 1.